The van der Waals surface area contributed by atoms with Crippen molar-refractivity contribution in [3.63, 3.8) is 0 Å². The highest BCUT2D eigenvalue weighted by molar-refractivity contribution is 9.10. The minimum absolute atomic E-state index is 0.177. The Labute approximate surface area is 166 Å². The molecule has 140 valence electrons. The summed E-state index contributed by atoms with van der Waals surface area (Å²) in [6, 6.07) is 8.40. The van der Waals surface area contributed by atoms with Gasteiger partial charge in [-0.2, -0.15) is 0 Å². The molecule has 0 aromatic heterocycles. The number of nitrogens with one attached hydrogen (secondary N) is 1. The van der Waals surface area contributed by atoms with E-state index in [1.54, 1.807) is 6.07 Å². The van der Waals surface area contributed by atoms with Crippen LogP contribution >= 0.6 is 27.5 Å². The molecule has 0 radical (unpaired) electrons. The number of halogens is 2. The zero-order valence-electron chi connectivity index (χ0n) is 14.6. The molecule has 0 atom stereocenters. The van der Waals surface area contributed by atoms with E-state index in [4.69, 9.17) is 26.2 Å². The van der Waals surface area contributed by atoms with Gasteiger partial charge in [0.2, 0.25) is 0 Å². The Hall–Kier alpha value is -1.92. The number of hydrogen-bond donors (Lipinski definition) is 2. The second-order valence-electron chi connectivity index (χ2n) is 5.54. The highest BCUT2D eigenvalue weighted by Gasteiger charge is 2.13. The number of benzene rings is 2. The first-order valence-electron chi connectivity index (χ1n) is 8.31. The number of ether oxygens (including phenoxy) is 2. The average molecular weight is 443 g/mol. The topological polar surface area (TPSA) is 67.8 Å². The van der Waals surface area contributed by atoms with Crippen LogP contribution in [0.5, 0.6) is 11.5 Å². The molecule has 0 aliphatic rings. The highest BCUT2D eigenvalue weighted by Crippen LogP contribution is 2.37. The number of carboxylic acid groups (broad SMARTS) is 1. The summed E-state index contributed by atoms with van der Waals surface area (Å²) in [5, 5.41) is 12.7. The van der Waals surface area contributed by atoms with Crippen molar-refractivity contribution >= 4 is 39.2 Å². The second-order valence-corrected chi connectivity index (χ2v) is 6.80. The summed E-state index contributed by atoms with van der Waals surface area (Å²) in [5.74, 6) is 0.351. The molecule has 0 spiro atoms. The van der Waals surface area contributed by atoms with Gasteiger partial charge >= 0.3 is 5.97 Å². The van der Waals surface area contributed by atoms with Crippen molar-refractivity contribution in [2.24, 2.45) is 0 Å². The SMILES string of the molecule is CCCOc1c(Br)cc(CNc2cc(C(=O)O)ccc2Cl)cc1OCC. The first-order chi connectivity index (χ1) is 12.5. The van der Waals surface area contributed by atoms with Crippen LogP contribution in [0.4, 0.5) is 5.69 Å². The van der Waals surface area contributed by atoms with Crippen LogP contribution in [0.25, 0.3) is 0 Å². The van der Waals surface area contributed by atoms with Crippen LogP contribution < -0.4 is 14.8 Å². The van der Waals surface area contributed by atoms with E-state index in [1.165, 1.54) is 12.1 Å². The van der Waals surface area contributed by atoms with Crippen LogP contribution in [0.2, 0.25) is 5.02 Å². The fraction of sp³-hybridized carbons (Fsp3) is 0.316. The molecule has 0 aliphatic carbocycles. The van der Waals surface area contributed by atoms with E-state index in [1.807, 2.05) is 26.0 Å². The maximum Gasteiger partial charge on any atom is 0.335 e. The summed E-state index contributed by atoms with van der Waals surface area (Å²) in [6.07, 6.45) is 0.903. The molecule has 0 bridgehead atoms. The lowest BCUT2D eigenvalue weighted by Crippen LogP contribution is -2.05. The Morgan fingerprint density at radius 2 is 2.00 bits per heavy atom. The molecular formula is C19H21BrClNO4. The van der Waals surface area contributed by atoms with Gasteiger partial charge in [0.05, 0.1) is 34.0 Å². The standard InChI is InChI=1S/C19H21BrClNO4/c1-3-7-26-18-14(20)8-12(9-17(18)25-4-2)11-22-16-10-13(19(23)24)5-6-15(16)21/h5-6,8-10,22H,3-4,7,11H2,1-2H3,(H,23,24). The molecule has 26 heavy (non-hydrogen) atoms. The zero-order chi connectivity index (χ0) is 19.1. The maximum atomic E-state index is 11.1. The van der Waals surface area contributed by atoms with Gasteiger partial charge in [0.25, 0.3) is 0 Å². The van der Waals surface area contributed by atoms with Gasteiger partial charge in [0, 0.05) is 6.54 Å². The van der Waals surface area contributed by atoms with Crippen molar-refractivity contribution in [2.75, 3.05) is 18.5 Å². The summed E-state index contributed by atoms with van der Waals surface area (Å²) in [5.41, 5.74) is 1.68. The Morgan fingerprint density at radius 3 is 2.65 bits per heavy atom. The van der Waals surface area contributed by atoms with Crippen LogP contribution in [-0.4, -0.2) is 24.3 Å². The van der Waals surface area contributed by atoms with E-state index in [0.717, 1.165) is 16.5 Å². The van der Waals surface area contributed by atoms with E-state index in [0.29, 0.717) is 42.0 Å². The lowest BCUT2D eigenvalue weighted by Gasteiger charge is -2.16. The largest absolute Gasteiger partial charge is 0.490 e. The van der Waals surface area contributed by atoms with Crippen LogP contribution in [0.3, 0.4) is 0 Å². The van der Waals surface area contributed by atoms with Crippen molar-refractivity contribution in [3.05, 3.63) is 51.0 Å². The van der Waals surface area contributed by atoms with E-state index in [2.05, 4.69) is 21.2 Å². The Bertz CT molecular complexity index is 782. The van der Waals surface area contributed by atoms with E-state index < -0.39 is 5.97 Å². The molecule has 7 heteroatoms. The smallest absolute Gasteiger partial charge is 0.335 e. The van der Waals surface area contributed by atoms with Crippen LogP contribution in [-0.2, 0) is 6.54 Å². The fourth-order valence-electron chi connectivity index (χ4n) is 2.32. The number of hydrogen-bond acceptors (Lipinski definition) is 4. The van der Waals surface area contributed by atoms with Crippen LogP contribution in [0.15, 0.2) is 34.8 Å². The summed E-state index contributed by atoms with van der Waals surface area (Å²) in [4.78, 5) is 11.1. The van der Waals surface area contributed by atoms with Crippen molar-refractivity contribution in [1.29, 1.82) is 0 Å². The van der Waals surface area contributed by atoms with Crippen LogP contribution in [0, 0.1) is 0 Å². The lowest BCUT2D eigenvalue weighted by atomic mass is 10.1. The normalized spacial score (nSPS) is 10.5. The van der Waals surface area contributed by atoms with Gasteiger partial charge < -0.3 is 19.9 Å². The number of rotatable bonds is 9. The summed E-state index contributed by atoms with van der Waals surface area (Å²) in [6.45, 7) is 5.54. The summed E-state index contributed by atoms with van der Waals surface area (Å²) < 4.78 is 12.3. The van der Waals surface area contributed by atoms with Gasteiger partial charge in [0.1, 0.15) is 0 Å². The molecule has 0 unspecified atom stereocenters. The van der Waals surface area contributed by atoms with Crippen LogP contribution in [0.1, 0.15) is 36.2 Å². The third-order valence-corrected chi connectivity index (χ3v) is 4.43. The Morgan fingerprint density at radius 1 is 1.23 bits per heavy atom. The molecule has 0 amide bonds. The third kappa shape index (κ3) is 5.29. The molecule has 0 heterocycles. The highest BCUT2D eigenvalue weighted by atomic mass is 79.9. The van der Waals surface area contributed by atoms with E-state index >= 15 is 0 Å². The van der Waals surface area contributed by atoms with E-state index in [9.17, 15) is 4.79 Å². The third-order valence-electron chi connectivity index (χ3n) is 3.52. The zero-order valence-corrected chi connectivity index (χ0v) is 17.0. The number of carboxylic acids is 1. The first-order valence-corrected chi connectivity index (χ1v) is 9.48. The van der Waals surface area contributed by atoms with Gasteiger partial charge in [-0.1, -0.05) is 18.5 Å². The minimum atomic E-state index is -0.997. The molecule has 0 fully saturated rings. The van der Waals surface area contributed by atoms with Crippen molar-refractivity contribution in [1.82, 2.24) is 0 Å². The molecule has 0 saturated carbocycles. The van der Waals surface area contributed by atoms with Gasteiger partial charge in [-0.3, -0.25) is 0 Å². The Balaban J connectivity index is 2.22. The lowest BCUT2D eigenvalue weighted by molar-refractivity contribution is 0.0697. The molecule has 2 aromatic rings. The molecule has 2 aromatic carbocycles. The van der Waals surface area contributed by atoms with Crippen molar-refractivity contribution in [2.45, 2.75) is 26.8 Å². The summed E-state index contributed by atoms with van der Waals surface area (Å²) >= 11 is 9.69. The van der Waals surface area contributed by atoms with Gasteiger partial charge in [-0.15, -0.1) is 0 Å². The molecule has 2 N–H and O–H groups in total. The maximum absolute atomic E-state index is 11.1. The molecular weight excluding hydrogens is 422 g/mol. The average Bonchev–Trinajstić information content (AvgIpc) is 2.60. The molecule has 0 saturated heterocycles. The monoisotopic (exact) mass is 441 g/mol. The molecule has 2 rings (SSSR count). The van der Waals surface area contributed by atoms with E-state index in [-0.39, 0.29) is 5.56 Å². The molecule has 0 aliphatic heterocycles. The second kappa shape index (κ2) is 9.69. The van der Waals surface area contributed by atoms with Gasteiger partial charge in [0.15, 0.2) is 11.5 Å². The number of anilines is 1. The Kier molecular flexibility index (Phi) is 7.60. The number of aromatic carboxylic acids is 1. The molecule has 5 nitrogen and oxygen atoms in total. The fourth-order valence-corrected chi connectivity index (χ4v) is 3.11. The predicted molar refractivity (Wildman–Crippen MR) is 107 cm³/mol. The van der Waals surface area contributed by atoms with Gasteiger partial charge in [-0.25, -0.2) is 4.79 Å². The van der Waals surface area contributed by atoms with Crippen molar-refractivity contribution < 1.29 is 19.4 Å². The van der Waals surface area contributed by atoms with Gasteiger partial charge in [-0.05, 0) is 65.2 Å². The minimum Gasteiger partial charge on any atom is -0.490 e. The predicted octanol–water partition coefficient (Wildman–Crippen LogP) is 5.60. The quantitative estimate of drug-likeness (QED) is 0.529. The van der Waals surface area contributed by atoms with Crippen molar-refractivity contribution in [3.8, 4) is 11.5 Å². The first kappa shape index (κ1) is 20.4. The summed E-state index contributed by atoms with van der Waals surface area (Å²) in [7, 11) is 0. The number of carbonyl (C=O) groups is 1.